The molecule has 0 radical (unpaired) electrons. The van der Waals surface area contributed by atoms with E-state index in [0.717, 1.165) is 28.1 Å². The van der Waals surface area contributed by atoms with Crippen LogP contribution in [0.5, 0.6) is 5.75 Å². The minimum Gasteiger partial charge on any atom is -0.496 e. The third-order valence-corrected chi connectivity index (χ3v) is 5.46. The van der Waals surface area contributed by atoms with Gasteiger partial charge in [-0.1, -0.05) is 47.5 Å². The van der Waals surface area contributed by atoms with E-state index in [-0.39, 0.29) is 11.3 Å². The second kappa shape index (κ2) is 8.46. The van der Waals surface area contributed by atoms with E-state index in [1.807, 2.05) is 48.5 Å². The van der Waals surface area contributed by atoms with Gasteiger partial charge >= 0.3 is 5.97 Å². The lowest BCUT2D eigenvalue weighted by atomic mass is 10.0. The summed E-state index contributed by atoms with van der Waals surface area (Å²) >= 11 is 12.1. The van der Waals surface area contributed by atoms with Crippen LogP contribution in [0.3, 0.4) is 0 Å². The number of aromatic amines is 1. The highest BCUT2D eigenvalue weighted by atomic mass is 35.5. The number of aromatic carboxylic acids is 1. The number of imidazole rings is 1. The molecule has 2 N–H and O–H groups in total. The molecule has 0 aliphatic carbocycles. The maximum atomic E-state index is 11.6. The first kappa shape index (κ1) is 21.0. The molecule has 4 rings (SSSR count). The van der Waals surface area contributed by atoms with E-state index >= 15 is 0 Å². The molecule has 0 aliphatic rings. The Hall–Kier alpha value is -3.28. The fourth-order valence-corrected chi connectivity index (χ4v) is 3.73. The molecule has 0 aliphatic heterocycles. The molecule has 5 nitrogen and oxygen atoms in total. The molecule has 31 heavy (non-hydrogen) atoms. The average Bonchev–Trinajstić information content (AvgIpc) is 3.19. The van der Waals surface area contributed by atoms with Gasteiger partial charge in [0.05, 0.1) is 18.5 Å². The van der Waals surface area contributed by atoms with Gasteiger partial charge in [0.25, 0.3) is 0 Å². The molecule has 0 saturated heterocycles. The quantitative estimate of drug-likeness (QED) is 0.351. The Kier molecular flexibility index (Phi) is 5.72. The number of rotatable bonds is 5. The lowest BCUT2D eigenvalue weighted by Crippen LogP contribution is -2.04. The summed E-state index contributed by atoms with van der Waals surface area (Å²) in [7, 11) is 1.45. The molecule has 0 atom stereocenters. The van der Waals surface area contributed by atoms with E-state index in [1.54, 1.807) is 19.1 Å². The minimum absolute atomic E-state index is 0.133. The van der Waals surface area contributed by atoms with E-state index in [9.17, 15) is 9.90 Å². The first-order valence-electron chi connectivity index (χ1n) is 9.41. The molecule has 3 aromatic carbocycles. The Balaban J connectivity index is 1.91. The molecule has 0 fully saturated rings. The van der Waals surface area contributed by atoms with Crippen molar-refractivity contribution >= 4 is 29.2 Å². The van der Waals surface area contributed by atoms with Gasteiger partial charge in [-0.05, 0) is 48.9 Å². The van der Waals surface area contributed by atoms with Gasteiger partial charge in [-0.2, -0.15) is 0 Å². The highest BCUT2D eigenvalue weighted by Gasteiger charge is 2.20. The first-order chi connectivity index (χ1) is 14.9. The molecule has 0 bridgehead atoms. The average molecular weight is 453 g/mol. The van der Waals surface area contributed by atoms with Crippen molar-refractivity contribution < 1.29 is 14.6 Å². The summed E-state index contributed by atoms with van der Waals surface area (Å²) in [6, 6.07) is 18.3. The predicted molar refractivity (Wildman–Crippen MR) is 123 cm³/mol. The molecule has 156 valence electrons. The number of carboxylic acids is 1. The largest absolute Gasteiger partial charge is 0.496 e. The van der Waals surface area contributed by atoms with E-state index in [1.165, 1.54) is 7.11 Å². The number of aryl methyl sites for hydroxylation is 1. The second-order valence-electron chi connectivity index (χ2n) is 7.00. The standard InChI is InChI=1S/C24H18Cl2N2O3/c1-13-11-16(12-19(31-2)20(13)24(29)30)23-27-21(14-3-7-17(25)8-4-14)22(28-23)15-5-9-18(26)10-6-15/h3-12H,1-2H3,(H,27,28)(H,29,30). The zero-order chi connectivity index (χ0) is 22.1. The SMILES string of the molecule is COc1cc(-c2nc(-c3ccc(Cl)cc3)c(-c3ccc(Cl)cc3)[nH]2)cc(C)c1C(=O)O. The molecular weight excluding hydrogens is 435 g/mol. The number of hydrogen-bond donors (Lipinski definition) is 2. The number of nitrogens with one attached hydrogen (secondary N) is 1. The molecule has 1 aromatic heterocycles. The van der Waals surface area contributed by atoms with Crippen LogP contribution < -0.4 is 4.74 Å². The van der Waals surface area contributed by atoms with Gasteiger partial charge in [0, 0.05) is 26.7 Å². The summed E-state index contributed by atoms with van der Waals surface area (Å²) in [6.45, 7) is 1.73. The number of nitrogens with zero attached hydrogens (tertiary/aromatic N) is 1. The van der Waals surface area contributed by atoms with E-state index < -0.39 is 5.97 Å². The Morgan fingerprint density at radius 1 is 0.935 bits per heavy atom. The topological polar surface area (TPSA) is 75.2 Å². The maximum Gasteiger partial charge on any atom is 0.339 e. The Morgan fingerprint density at radius 3 is 2.06 bits per heavy atom. The molecule has 0 saturated carbocycles. The van der Waals surface area contributed by atoms with Crippen LogP contribution in [0.25, 0.3) is 33.9 Å². The van der Waals surface area contributed by atoms with Gasteiger partial charge in [0.15, 0.2) is 0 Å². The van der Waals surface area contributed by atoms with Crippen molar-refractivity contribution in [1.82, 2.24) is 9.97 Å². The predicted octanol–water partition coefficient (Wildman–Crippen LogP) is 6.73. The van der Waals surface area contributed by atoms with Crippen LogP contribution in [-0.2, 0) is 0 Å². The molecule has 1 heterocycles. The van der Waals surface area contributed by atoms with Gasteiger partial charge in [-0.15, -0.1) is 0 Å². The Bertz CT molecular complexity index is 1200. The number of halogens is 2. The lowest BCUT2D eigenvalue weighted by molar-refractivity contribution is 0.0692. The van der Waals surface area contributed by atoms with Crippen molar-refractivity contribution in [1.29, 1.82) is 0 Å². The smallest absolute Gasteiger partial charge is 0.339 e. The zero-order valence-electron chi connectivity index (χ0n) is 16.7. The van der Waals surface area contributed by atoms with Crippen LogP contribution in [0, 0.1) is 6.92 Å². The molecule has 7 heteroatoms. The van der Waals surface area contributed by atoms with E-state index in [4.69, 9.17) is 32.9 Å². The lowest BCUT2D eigenvalue weighted by Gasteiger charge is -2.10. The third kappa shape index (κ3) is 4.15. The first-order valence-corrected chi connectivity index (χ1v) is 10.2. The van der Waals surface area contributed by atoms with Gasteiger partial charge in [-0.25, -0.2) is 9.78 Å². The summed E-state index contributed by atoms with van der Waals surface area (Å²) < 4.78 is 5.33. The molecule has 0 spiro atoms. The summed E-state index contributed by atoms with van der Waals surface area (Å²) in [5.74, 6) is -0.169. The Morgan fingerprint density at radius 2 is 1.52 bits per heavy atom. The van der Waals surface area contributed by atoms with Gasteiger partial charge in [0.1, 0.15) is 17.1 Å². The van der Waals surface area contributed by atoms with Crippen LogP contribution in [0.4, 0.5) is 0 Å². The number of benzene rings is 3. The highest BCUT2D eigenvalue weighted by Crippen LogP contribution is 2.36. The molecule has 0 unspecified atom stereocenters. The third-order valence-electron chi connectivity index (χ3n) is 4.96. The molecular formula is C24H18Cl2N2O3. The summed E-state index contributed by atoms with van der Waals surface area (Å²) in [5, 5.41) is 10.8. The fraction of sp³-hybridized carbons (Fsp3) is 0.0833. The second-order valence-corrected chi connectivity index (χ2v) is 7.87. The number of H-pyrrole nitrogens is 1. The molecule has 0 amide bonds. The number of carbonyl (C=O) groups is 1. The normalized spacial score (nSPS) is 10.8. The van der Waals surface area contributed by atoms with Gasteiger partial charge in [0.2, 0.25) is 0 Å². The summed E-state index contributed by atoms with van der Waals surface area (Å²) in [5.41, 5.74) is 4.80. The number of methoxy groups -OCH3 is 1. The van der Waals surface area contributed by atoms with E-state index in [0.29, 0.717) is 21.4 Å². The van der Waals surface area contributed by atoms with Crippen LogP contribution >= 0.6 is 23.2 Å². The van der Waals surface area contributed by atoms with Crippen molar-refractivity contribution in [2.75, 3.05) is 7.11 Å². The number of aromatic nitrogens is 2. The summed E-state index contributed by atoms with van der Waals surface area (Å²) in [6.07, 6.45) is 0. The number of carboxylic acid groups (broad SMARTS) is 1. The van der Waals surface area contributed by atoms with Gasteiger partial charge < -0.3 is 14.8 Å². The van der Waals surface area contributed by atoms with Crippen LogP contribution in [0.2, 0.25) is 10.0 Å². The minimum atomic E-state index is -1.04. The fourth-order valence-electron chi connectivity index (χ4n) is 3.48. The van der Waals surface area contributed by atoms with Crippen molar-refractivity contribution in [3.63, 3.8) is 0 Å². The van der Waals surface area contributed by atoms with Crippen LogP contribution in [0.15, 0.2) is 60.7 Å². The van der Waals surface area contributed by atoms with Crippen LogP contribution in [-0.4, -0.2) is 28.2 Å². The van der Waals surface area contributed by atoms with Crippen molar-refractivity contribution in [2.24, 2.45) is 0 Å². The summed E-state index contributed by atoms with van der Waals surface area (Å²) in [4.78, 5) is 19.8. The molecule has 4 aromatic rings. The zero-order valence-corrected chi connectivity index (χ0v) is 18.3. The maximum absolute atomic E-state index is 11.6. The van der Waals surface area contributed by atoms with Crippen LogP contribution in [0.1, 0.15) is 15.9 Å². The highest BCUT2D eigenvalue weighted by molar-refractivity contribution is 6.31. The Labute approximate surface area is 189 Å². The van der Waals surface area contributed by atoms with Crippen molar-refractivity contribution in [3.8, 4) is 39.7 Å². The number of ether oxygens (including phenoxy) is 1. The van der Waals surface area contributed by atoms with Crippen molar-refractivity contribution in [3.05, 3.63) is 81.8 Å². The monoisotopic (exact) mass is 452 g/mol. The number of hydrogen-bond acceptors (Lipinski definition) is 3. The van der Waals surface area contributed by atoms with Gasteiger partial charge in [-0.3, -0.25) is 0 Å². The van der Waals surface area contributed by atoms with Crippen molar-refractivity contribution in [2.45, 2.75) is 6.92 Å². The van der Waals surface area contributed by atoms with E-state index in [2.05, 4.69) is 4.98 Å².